The third-order valence-corrected chi connectivity index (χ3v) is 6.41. The first-order valence-electron chi connectivity index (χ1n) is 8.47. The quantitative estimate of drug-likeness (QED) is 0.842. The Bertz CT molecular complexity index is 917. The summed E-state index contributed by atoms with van der Waals surface area (Å²) in [7, 11) is -3.79. The number of nitrogens with one attached hydrogen (secondary N) is 2. The molecule has 0 saturated carbocycles. The molecule has 0 aliphatic carbocycles. The van der Waals surface area contributed by atoms with Crippen LogP contribution in [0.5, 0.6) is 0 Å². The van der Waals surface area contributed by atoms with Crippen molar-refractivity contribution in [3.63, 3.8) is 0 Å². The molecule has 6 heteroatoms. The van der Waals surface area contributed by atoms with Gasteiger partial charge in [-0.2, -0.15) is 0 Å². The summed E-state index contributed by atoms with van der Waals surface area (Å²) in [4.78, 5) is 12.5. The highest BCUT2D eigenvalue weighted by Crippen LogP contribution is 2.26. The van der Waals surface area contributed by atoms with E-state index in [9.17, 15) is 13.2 Å². The van der Waals surface area contributed by atoms with Crippen LogP contribution in [-0.2, 0) is 14.8 Å². The summed E-state index contributed by atoms with van der Waals surface area (Å²) >= 11 is 0. The van der Waals surface area contributed by atoms with Gasteiger partial charge in [-0.1, -0.05) is 24.3 Å². The minimum Gasteiger partial charge on any atom is -0.324 e. The molecule has 1 amide bonds. The molecule has 2 rings (SSSR count). The van der Waals surface area contributed by atoms with Crippen LogP contribution in [0.1, 0.15) is 33.4 Å². The van der Waals surface area contributed by atoms with Crippen LogP contribution in [0.2, 0.25) is 0 Å². The van der Waals surface area contributed by atoms with Crippen molar-refractivity contribution in [1.29, 1.82) is 0 Å². The Hall–Kier alpha value is -2.18. The van der Waals surface area contributed by atoms with Crippen molar-refractivity contribution in [3.05, 3.63) is 57.6 Å². The van der Waals surface area contributed by atoms with E-state index in [1.807, 2.05) is 52.0 Å². The Labute approximate surface area is 155 Å². The first-order chi connectivity index (χ1) is 12.0. The van der Waals surface area contributed by atoms with Crippen LogP contribution in [0.15, 0.2) is 29.2 Å². The molecule has 5 nitrogen and oxygen atoms in total. The van der Waals surface area contributed by atoms with Gasteiger partial charge >= 0.3 is 0 Å². The molecule has 0 aromatic heterocycles. The molecule has 0 spiro atoms. The SMILES string of the molecule is Cc1cc(C)c(C)c(S(=O)(=O)NCC(=O)Nc2c(C)cccc2C)c1C. The van der Waals surface area contributed by atoms with Crippen LogP contribution in [0.25, 0.3) is 0 Å². The normalized spacial score (nSPS) is 11.5. The first kappa shape index (κ1) is 20.1. The molecule has 2 aromatic rings. The van der Waals surface area contributed by atoms with Crippen LogP contribution in [-0.4, -0.2) is 20.9 Å². The number of rotatable bonds is 5. The maximum Gasteiger partial charge on any atom is 0.241 e. The Morgan fingerprint density at radius 3 is 1.88 bits per heavy atom. The summed E-state index contributed by atoms with van der Waals surface area (Å²) in [5.41, 5.74) is 5.81. The summed E-state index contributed by atoms with van der Waals surface area (Å²) in [6, 6.07) is 7.68. The van der Waals surface area contributed by atoms with Crippen LogP contribution in [0, 0.1) is 41.5 Å². The number of aryl methyl sites for hydroxylation is 4. The predicted molar refractivity (Wildman–Crippen MR) is 105 cm³/mol. The van der Waals surface area contributed by atoms with E-state index in [1.165, 1.54) is 0 Å². The molecule has 0 aliphatic rings. The number of carbonyl (C=O) groups is 1. The molecule has 2 aromatic carbocycles. The highest BCUT2D eigenvalue weighted by atomic mass is 32.2. The topological polar surface area (TPSA) is 75.3 Å². The monoisotopic (exact) mass is 374 g/mol. The number of hydrogen-bond acceptors (Lipinski definition) is 3. The van der Waals surface area contributed by atoms with Crippen LogP contribution >= 0.6 is 0 Å². The van der Waals surface area contributed by atoms with E-state index in [4.69, 9.17) is 0 Å². The summed E-state index contributed by atoms with van der Waals surface area (Å²) in [6.07, 6.45) is 0. The number of sulfonamides is 1. The smallest absolute Gasteiger partial charge is 0.241 e. The molecule has 0 unspecified atom stereocenters. The molecular weight excluding hydrogens is 348 g/mol. The van der Waals surface area contributed by atoms with Crippen molar-refractivity contribution in [2.75, 3.05) is 11.9 Å². The Kier molecular flexibility index (Phi) is 5.88. The molecule has 0 aliphatic heterocycles. The summed E-state index contributed by atoms with van der Waals surface area (Å²) in [5.74, 6) is -0.398. The maximum absolute atomic E-state index is 12.8. The highest BCUT2D eigenvalue weighted by Gasteiger charge is 2.22. The predicted octanol–water partition coefficient (Wildman–Crippen LogP) is 3.45. The average Bonchev–Trinajstić information content (AvgIpc) is 2.55. The zero-order chi connectivity index (χ0) is 19.6. The third-order valence-electron chi connectivity index (χ3n) is 4.73. The second-order valence-corrected chi connectivity index (χ2v) is 8.43. The molecule has 2 N–H and O–H groups in total. The molecule has 140 valence electrons. The van der Waals surface area contributed by atoms with E-state index < -0.39 is 15.9 Å². The van der Waals surface area contributed by atoms with Gasteiger partial charge in [0.05, 0.1) is 11.4 Å². The Morgan fingerprint density at radius 2 is 1.38 bits per heavy atom. The number of benzene rings is 2. The van der Waals surface area contributed by atoms with Crippen LogP contribution in [0.3, 0.4) is 0 Å². The highest BCUT2D eigenvalue weighted by molar-refractivity contribution is 7.89. The van der Waals surface area contributed by atoms with Crippen molar-refractivity contribution >= 4 is 21.6 Å². The zero-order valence-electron chi connectivity index (χ0n) is 16.1. The van der Waals surface area contributed by atoms with Crippen molar-refractivity contribution in [2.45, 2.75) is 46.4 Å². The number of hydrogen-bond donors (Lipinski definition) is 2. The van der Waals surface area contributed by atoms with E-state index in [0.717, 1.165) is 27.9 Å². The van der Waals surface area contributed by atoms with E-state index in [2.05, 4.69) is 10.0 Å². The van der Waals surface area contributed by atoms with Crippen molar-refractivity contribution in [1.82, 2.24) is 4.72 Å². The lowest BCUT2D eigenvalue weighted by atomic mass is 10.0. The van der Waals surface area contributed by atoms with Gasteiger partial charge in [0, 0.05) is 5.69 Å². The number of carbonyl (C=O) groups excluding carboxylic acids is 1. The summed E-state index contributed by atoms with van der Waals surface area (Å²) in [5, 5.41) is 2.79. The maximum atomic E-state index is 12.8. The number of amides is 1. The van der Waals surface area contributed by atoms with Gasteiger partial charge in [0.2, 0.25) is 15.9 Å². The lowest BCUT2D eigenvalue weighted by Gasteiger charge is -2.16. The molecular formula is C20H26N2O3S. The van der Waals surface area contributed by atoms with E-state index >= 15 is 0 Å². The van der Waals surface area contributed by atoms with Crippen molar-refractivity contribution < 1.29 is 13.2 Å². The molecule has 0 atom stereocenters. The molecule has 0 radical (unpaired) electrons. The second-order valence-electron chi connectivity index (χ2n) is 6.73. The first-order valence-corrected chi connectivity index (χ1v) is 9.96. The largest absolute Gasteiger partial charge is 0.324 e. The molecule has 0 saturated heterocycles. The van der Waals surface area contributed by atoms with Gasteiger partial charge in [-0.15, -0.1) is 0 Å². The van der Waals surface area contributed by atoms with Gasteiger partial charge in [-0.25, -0.2) is 13.1 Å². The van der Waals surface area contributed by atoms with Gasteiger partial charge in [-0.05, 0) is 74.9 Å². The Morgan fingerprint density at radius 1 is 0.885 bits per heavy atom. The standard InChI is InChI=1S/C20H26N2O3S/c1-12-8-7-9-13(2)19(12)22-18(23)11-21-26(24,25)20-16(5)14(3)10-15(4)17(20)6/h7-10,21H,11H2,1-6H3,(H,22,23). The van der Waals surface area contributed by atoms with E-state index in [0.29, 0.717) is 11.1 Å². The fourth-order valence-corrected chi connectivity index (χ4v) is 4.61. The van der Waals surface area contributed by atoms with Crippen LogP contribution in [0.4, 0.5) is 5.69 Å². The minimum atomic E-state index is -3.79. The Balaban J connectivity index is 2.20. The van der Waals surface area contributed by atoms with Gasteiger partial charge in [0.1, 0.15) is 0 Å². The van der Waals surface area contributed by atoms with E-state index in [1.54, 1.807) is 13.8 Å². The number of anilines is 1. The molecule has 0 heterocycles. The van der Waals surface area contributed by atoms with Gasteiger partial charge in [-0.3, -0.25) is 4.79 Å². The van der Waals surface area contributed by atoms with Crippen LogP contribution < -0.4 is 10.0 Å². The average molecular weight is 375 g/mol. The second kappa shape index (κ2) is 7.60. The molecule has 0 bridgehead atoms. The zero-order valence-corrected chi connectivity index (χ0v) is 17.0. The fraction of sp³-hybridized carbons (Fsp3) is 0.350. The fourth-order valence-electron chi connectivity index (χ4n) is 3.01. The lowest BCUT2D eigenvalue weighted by Crippen LogP contribution is -2.34. The van der Waals surface area contributed by atoms with Gasteiger partial charge < -0.3 is 5.32 Å². The minimum absolute atomic E-state index is 0.259. The third kappa shape index (κ3) is 4.14. The summed E-state index contributed by atoms with van der Waals surface area (Å²) < 4.78 is 28.0. The number of para-hydroxylation sites is 1. The van der Waals surface area contributed by atoms with E-state index in [-0.39, 0.29) is 11.4 Å². The van der Waals surface area contributed by atoms with Gasteiger partial charge in [0.25, 0.3) is 0 Å². The molecule has 26 heavy (non-hydrogen) atoms. The van der Waals surface area contributed by atoms with Gasteiger partial charge in [0.15, 0.2) is 0 Å². The summed E-state index contributed by atoms with van der Waals surface area (Å²) in [6.45, 7) is 10.8. The lowest BCUT2D eigenvalue weighted by molar-refractivity contribution is -0.115. The molecule has 0 fully saturated rings. The van der Waals surface area contributed by atoms with Crippen molar-refractivity contribution in [3.8, 4) is 0 Å². The van der Waals surface area contributed by atoms with Crippen molar-refractivity contribution in [2.24, 2.45) is 0 Å².